The number of fused-ring (bicyclic) bond motifs is 6. The van der Waals surface area contributed by atoms with Crippen molar-refractivity contribution in [3.63, 3.8) is 0 Å². The highest BCUT2D eigenvalue weighted by Crippen LogP contribution is 2.42. The molecule has 0 fully saturated rings. The van der Waals surface area contributed by atoms with Crippen molar-refractivity contribution in [1.82, 2.24) is 4.98 Å². The fourth-order valence-electron chi connectivity index (χ4n) is 5.03. The molecule has 0 saturated carbocycles. The highest BCUT2D eigenvalue weighted by Gasteiger charge is 2.16. The number of thiophene rings is 1. The summed E-state index contributed by atoms with van der Waals surface area (Å²) in [5.41, 5.74) is 2.42. The van der Waals surface area contributed by atoms with E-state index in [-0.39, 0.29) is 5.56 Å². The molecule has 33 heavy (non-hydrogen) atoms. The lowest BCUT2D eigenvalue weighted by Crippen LogP contribution is -2.00. The molecular formula is C31H27NS. The zero-order chi connectivity index (χ0) is 25.9. The van der Waals surface area contributed by atoms with Gasteiger partial charge in [0.2, 0.25) is 0 Å². The third kappa shape index (κ3) is 3.24. The molecule has 0 spiro atoms. The van der Waals surface area contributed by atoms with Crippen molar-refractivity contribution in [2.75, 3.05) is 0 Å². The minimum Gasteiger partial charge on any atom is -0.256 e. The summed E-state index contributed by atoms with van der Waals surface area (Å²) in [5, 5.41) is 7.30. The van der Waals surface area contributed by atoms with E-state index in [4.69, 9.17) is 5.48 Å². The molecule has 0 N–H and O–H groups in total. The molecule has 0 radical (unpaired) electrons. The zero-order valence-electron chi connectivity index (χ0n) is 22.8. The van der Waals surface area contributed by atoms with Gasteiger partial charge in [0.15, 0.2) is 0 Å². The van der Waals surface area contributed by atoms with Gasteiger partial charge in [0.25, 0.3) is 0 Å². The van der Waals surface area contributed by atoms with Gasteiger partial charge in [0, 0.05) is 37.4 Å². The summed E-state index contributed by atoms with van der Waals surface area (Å²) in [6, 6.07) is 25.5. The van der Waals surface area contributed by atoms with Gasteiger partial charge >= 0.3 is 0 Å². The third-order valence-electron chi connectivity index (χ3n) is 6.78. The molecule has 0 aliphatic rings. The number of pyridine rings is 1. The molecular weight excluding hydrogens is 418 g/mol. The summed E-state index contributed by atoms with van der Waals surface area (Å²) < 4.78 is 35.6. The number of benzene rings is 4. The number of rotatable bonds is 4. The van der Waals surface area contributed by atoms with Gasteiger partial charge in [-0.1, -0.05) is 68.4 Å². The highest BCUT2D eigenvalue weighted by atomic mass is 32.1. The van der Waals surface area contributed by atoms with E-state index < -0.39 is 12.7 Å². The molecule has 6 rings (SSSR count). The second-order valence-electron chi connectivity index (χ2n) is 8.57. The molecule has 0 aliphatic carbocycles. The summed E-state index contributed by atoms with van der Waals surface area (Å²) in [4.78, 5) is 4.64. The standard InChI is InChI=1S/C31H27NS/c1-4-20(5-2)26-17-29(32-18-19(26)3)25-12-8-11-24-28-16-27-22(15-30(28)33-31(24)25)14-13-21-9-6-7-10-23(21)27/h6-18,20H,4-5H2,1-3H3/i3D3,20D. The van der Waals surface area contributed by atoms with E-state index in [1.807, 2.05) is 26.0 Å². The van der Waals surface area contributed by atoms with Crippen LogP contribution in [0.5, 0.6) is 0 Å². The van der Waals surface area contributed by atoms with Crippen LogP contribution in [0.1, 0.15) is 49.2 Å². The predicted molar refractivity (Wildman–Crippen MR) is 146 cm³/mol. The van der Waals surface area contributed by atoms with Crippen molar-refractivity contribution in [3.05, 3.63) is 90.1 Å². The number of nitrogens with zero attached hydrogens (tertiary/aromatic N) is 1. The Hall–Kier alpha value is -3.23. The topological polar surface area (TPSA) is 12.9 Å². The monoisotopic (exact) mass is 449 g/mol. The number of hydrogen-bond acceptors (Lipinski definition) is 2. The molecule has 2 aromatic heterocycles. The summed E-state index contributed by atoms with van der Waals surface area (Å²) in [6.45, 7) is 1.58. The van der Waals surface area contributed by atoms with Crippen molar-refractivity contribution >= 4 is 53.1 Å². The SMILES string of the molecule is [2H]C([2H])([2H])c1cnc(-c2cccc3c2sc2cc4ccc5ccccc5c4cc23)cc1C([2H])(CC)CC. The second-order valence-corrected chi connectivity index (χ2v) is 9.62. The van der Waals surface area contributed by atoms with Crippen LogP contribution in [-0.2, 0) is 0 Å². The lowest BCUT2D eigenvalue weighted by Gasteiger charge is -2.17. The van der Waals surface area contributed by atoms with Crippen LogP contribution in [0.25, 0.3) is 53.0 Å². The summed E-state index contributed by atoms with van der Waals surface area (Å²) in [6.07, 6.45) is 2.53. The van der Waals surface area contributed by atoms with Crippen molar-refractivity contribution < 1.29 is 5.48 Å². The van der Waals surface area contributed by atoms with Crippen LogP contribution in [0.3, 0.4) is 0 Å². The van der Waals surface area contributed by atoms with Gasteiger partial charge < -0.3 is 0 Å². The fraction of sp³-hybridized carbons (Fsp3) is 0.194. The van der Waals surface area contributed by atoms with E-state index in [9.17, 15) is 0 Å². The Morgan fingerprint density at radius 1 is 0.848 bits per heavy atom. The quantitative estimate of drug-likeness (QED) is 0.244. The summed E-state index contributed by atoms with van der Waals surface area (Å²) in [7, 11) is 0. The Kier molecular flexibility index (Phi) is 3.96. The maximum absolute atomic E-state index is 9.06. The van der Waals surface area contributed by atoms with Crippen LogP contribution in [0.2, 0.25) is 0 Å². The molecule has 0 aliphatic heterocycles. The molecule has 2 heterocycles. The van der Waals surface area contributed by atoms with E-state index in [2.05, 4.69) is 65.6 Å². The lowest BCUT2D eigenvalue weighted by molar-refractivity contribution is 0.637. The van der Waals surface area contributed by atoms with E-state index in [1.54, 1.807) is 11.3 Å². The Bertz CT molecular complexity index is 1810. The van der Waals surface area contributed by atoms with Crippen LogP contribution in [0.15, 0.2) is 79.0 Å². The van der Waals surface area contributed by atoms with Gasteiger partial charge in [-0.2, -0.15) is 0 Å². The van der Waals surface area contributed by atoms with Gasteiger partial charge in [-0.15, -0.1) is 11.3 Å². The van der Waals surface area contributed by atoms with Gasteiger partial charge in [-0.05, 0) is 76.5 Å². The second kappa shape index (κ2) is 7.97. The van der Waals surface area contributed by atoms with Crippen LogP contribution < -0.4 is 0 Å². The Morgan fingerprint density at radius 3 is 2.52 bits per heavy atom. The zero-order valence-corrected chi connectivity index (χ0v) is 19.6. The van der Waals surface area contributed by atoms with Gasteiger partial charge in [-0.3, -0.25) is 4.98 Å². The maximum atomic E-state index is 9.06. The highest BCUT2D eigenvalue weighted by molar-refractivity contribution is 7.26. The minimum atomic E-state index is -2.32. The maximum Gasteiger partial charge on any atom is 0.0719 e. The average Bonchev–Trinajstić information content (AvgIpc) is 3.28. The Balaban J connectivity index is 1.62. The Morgan fingerprint density at radius 2 is 1.67 bits per heavy atom. The first-order chi connectivity index (χ1) is 17.7. The molecule has 4 aromatic carbocycles. The van der Waals surface area contributed by atoms with Gasteiger partial charge in [0.1, 0.15) is 0 Å². The van der Waals surface area contributed by atoms with Crippen LogP contribution in [-0.4, -0.2) is 4.98 Å². The minimum absolute atomic E-state index is 0.177. The van der Waals surface area contributed by atoms with Crippen LogP contribution >= 0.6 is 11.3 Å². The van der Waals surface area contributed by atoms with Crippen molar-refractivity contribution in [2.24, 2.45) is 0 Å². The van der Waals surface area contributed by atoms with Crippen LogP contribution in [0, 0.1) is 6.85 Å². The third-order valence-corrected chi connectivity index (χ3v) is 7.98. The summed E-state index contributed by atoms with van der Waals surface area (Å²) >= 11 is 1.74. The first-order valence-electron chi connectivity index (χ1n) is 13.5. The lowest BCUT2D eigenvalue weighted by atomic mass is 9.90. The van der Waals surface area contributed by atoms with Crippen molar-refractivity contribution in [1.29, 1.82) is 0 Å². The first-order valence-corrected chi connectivity index (χ1v) is 12.3. The van der Waals surface area contributed by atoms with E-state index >= 15 is 0 Å². The average molecular weight is 450 g/mol. The first kappa shape index (κ1) is 16.4. The van der Waals surface area contributed by atoms with E-state index in [0.717, 1.165) is 10.3 Å². The molecule has 1 nitrogen and oxygen atoms in total. The molecule has 2 heteroatoms. The number of aromatic nitrogens is 1. The largest absolute Gasteiger partial charge is 0.256 e. The molecule has 0 amide bonds. The normalized spacial score (nSPS) is 14.5. The van der Waals surface area contributed by atoms with Crippen molar-refractivity contribution in [3.8, 4) is 11.3 Å². The van der Waals surface area contributed by atoms with Gasteiger partial charge in [0.05, 0.1) is 5.69 Å². The number of aryl methyl sites for hydroxylation is 1. The predicted octanol–water partition coefficient (Wildman–Crippen LogP) is 9.63. The van der Waals surface area contributed by atoms with Crippen molar-refractivity contribution in [2.45, 2.75) is 39.4 Å². The molecule has 0 saturated heterocycles. The molecule has 162 valence electrons. The molecule has 0 unspecified atom stereocenters. The molecule has 0 bridgehead atoms. The fourth-order valence-corrected chi connectivity index (χ4v) is 6.28. The number of hydrogen-bond donors (Lipinski definition) is 0. The van der Waals surface area contributed by atoms with Crippen LogP contribution in [0.4, 0.5) is 0 Å². The van der Waals surface area contributed by atoms with E-state index in [1.165, 1.54) is 43.2 Å². The smallest absolute Gasteiger partial charge is 0.0719 e. The van der Waals surface area contributed by atoms with E-state index in [0.29, 0.717) is 24.1 Å². The molecule has 0 atom stereocenters. The Labute approximate surface area is 204 Å². The van der Waals surface area contributed by atoms with Gasteiger partial charge in [-0.25, -0.2) is 0 Å². The summed E-state index contributed by atoms with van der Waals surface area (Å²) in [5.74, 6) is -0.978. The molecule has 6 aromatic rings.